The van der Waals surface area contributed by atoms with Gasteiger partial charge < -0.3 is 9.88 Å². The van der Waals surface area contributed by atoms with Gasteiger partial charge in [0.1, 0.15) is 5.82 Å². The highest BCUT2D eigenvalue weighted by atomic mass is 79.9. The number of nitrogens with zero attached hydrogens (tertiary/aromatic N) is 2. The third-order valence-corrected chi connectivity index (χ3v) is 4.09. The van der Waals surface area contributed by atoms with E-state index in [4.69, 9.17) is 4.98 Å². The Kier molecular flexibility index (Phi) is 3.63. The van der Waals surface area contributed by atoms with Crippen molar-refractivity contribution < 1.29 is 0 Å². The molecule has 0 amide bonds. The molecule has 102 valence electrons. The van der Waals surface area contributed by atoms with E-state index >= 15 is 0 Å². The molecule has 1 fully saturated rings. The molecule has 1 aromatic heterocycles. The molecule has 19 heavy (non-hydrogen) atoms. The van der Waals surface area contributed by atoms with Crippen LogP contribution in [0.25, 0.3) is 11.0 Å². The van der Waals surface area contributed by atoms with Gasteiger partial charge in [0.25, 0.3) is 0 Å². The summed E-state index contributed by atoms with van der Waals surface area (Å²) in [6.45, 7) is 5.48. The molecule has 0 spiro atoms. The zero-order chi connectivity index (χ0) is 13.4. The van der Waals surface area contributed by atoms with Crippen LogP contribution in [0, 0.1) is 0 Å². The first kappa shape index (κ1) is 13.1. The van der Waals surface area contributed by atoms with Gasteiger partial charge in [0, 0.05) is 29.5 Å². The van der Waals surface area contributed by atoms with Gasteiger partial charge in [-0.2, -0.15) is 0 Å². The van der Waals surface area contributed by atoms with E-state index in [0.717, 1.165) is 29.0 Å². The number of nitrogens with one attached hydrogen (secondary N) is 1. The summed E-state index contributed by atoms with van der Waals surface area (Å²) in [6, 6.07) is 7.57. The summed E-state index contributed by atoms with van der Waals surface area (Å²) in [6.07, 6.45) is 3.68. The summed E-state index contributed by atoms with van der Waals surface area (Å²) in [5.41, 5.74) is 2.32. The third-order valence-electron chi connectivity index (χ3n) is 3.60. The van der Waals surface area contributed by atoms with Gasteiger partial charge in [-0.1, -0.05) is 15.9 Å². The molecule has 0 radical (unpaired) electrons. The molecule has 2 aromatic rings. The van der Waals surface area contributed by atoms with Crippen molar-refractivity contribution in [1.82, 2.24) is 14.9 Å². The maximum absolute atomic E-state index is 4.80. The molecular weight excluding hydrogens is 302 g/mol. The normalized spacial score (nSPS) is 15.6. The SMILES string of the molecule is CC(C)n1c(CCNC2CC2)nc2cc(Br)ccc21. The Morgan fingerprint density at radius 1 is 1.42 bits per heavy atom. The Morgan fingerprint density at radius 2 is 2.21 bits per heavy atom. The molecule has 1 saturated carbocycles. The van der Waals surface area contributed by atoms with Gasteiger partial charge in [-0.05, 0) is 44.9 Å². The van der Waals surface area contributed by atoms with Crippen LogP contribution in [0.5, 0.6) is 0 Å². The Morgan fingerprint density at radius 3 is 2.89 bits per heavy atom. The van der Waals surface area contributed by atoms with E-state index in [2.05, 4.69) is 57.9 Å². The van der Waals surface area contributed by atoms with Crippen LogP contribution in [0.4, 0.5) is 0 Å². The first-order valence-electron chi connectivity index (χ1n) is 7.05. The highest BCUT2D eigenvalue weighted by Crippen LogP contribution is 2.24. The number of halogens is 1. The Balaban J connectivity index is 1.89. The monoisotopic (exact) mass is 321 g/mol. The van der Waals surface area contributed by atoms with Crippen LogP contribution in [-0.2, 0) is 6.42 Å². The molecule has 3 rings (SSSR count). The molecule has 4 heteroatoms. The smallest absolute Gasteiger partial charge is 0.111 e. The highest BCUT2D eigenvalue weighted by molar-refractivity contribution is 9.10. The lowest BCUT2D eigenvalue weighted by atomic mass is 10.3. The Labute approximate surface area is 122 Å². The topological polar surface area (TPSA) is 29.9 Å². The van der Waals surface area contributed by atoms with Gasteiger partial charge >= 0.3 is 0 Å². The number of fused-ring (bicyclic) bond motifs is 1. The van der Waals surface area contributed by atoms with Crippen LogP contribution in [0.15, 0.2) is 22.7 Å². The van der Waals surface area contributed by atoms with Crippen LogP contribution in [0.2, 0.25) is 0 Å². The minimum Gasteiger partial charge on any atom is -0.325 e. The molecule has 1 heterocycles. The summed E-state index contributed by atoms with van der Waals surface area (Å²) in [5, 5.41) is 3.56. The average Bonchev–Trinajstić information content (AvgIpc) is 3.09. The van der Waals surface area contributed by atoms with E-state index in [1.165, 1.54) is 24.2 Å². The minimum atomic E-state index is 0.446. The van der Waals surface area contributed by atoms with Crippen LogP contribution >= 0.6 is 15.9 Å². The molecule has 1 aromatic carbocycles. The second-order valence-corrected chi connectivity index (χ2v) is 6.52. The molecule has 0 aliphatic heterocycles. The Bertz CT molecular complexity index is 584. The number of imidazole rings is 1. The molecule has 1 aliphatic carbocycles. The molecule has 0 atom stereocenters. The van der Waals surface area contributed by atoms with Gasteiger partial charge in [0.15, 0.2) is 0 Å². The van der Waals surface area contributed by atoms with Gasteiger partial charge in [-0.25, -0.2) is 4.98 Å². The van der Waals surface area contributed by atoms with Gasteiger partial charge in [0.2, 0.25) is 0 Å². The van der Waals surface area contributed by atoms with E-state index in [0.29, 0.717) is 6.04 Å². The van der Waals surface area contributed by atoms with E-state index < -0.39 is 0 Å². The molecule has 1 N–H and O–H groups in total. The highest BCUT2D eigenvalue weighted by Gasteiger charge is 2.20. The van der Waals surface area contributed by atoms with Gasteiger partial charge in [-0.15, -0.1) is 0 Å². The van der Waals surface area contributed by atoms with Crippen molar-refractivity contribution in [3.63, 3.8) is 0 Å². The fourth-order valence-corrected chi connectivity index (χ4v) is 2.90. The largest absolute Gasteiger partial charge is 0.325 e. The summed E-state index contributed by atoms with van der Waals surface area (Å²) in [5.74, 6) is 1.19. The van der Waals surface area contributed by atoms with E-state index in [1.807, 2.05) is 0 Å². The van der Waals surface area contributed by atoms with Crippen molar-refractivity contribution in [3.05, 3.63) is 28.5 Å². The zero-order valence-corrected chi connectivity index (χ0v) is 13.1. The summed E-state index contributed by atoms with van der Waals surface area (Å²) in [7, 11) is 0. The van der Waals surface area contributed by atoms with Crippen molar-refractivity contribution in [2.45, 2.75) is 45.2 Å². The second-order valence-electron chi connectivity index (χ2n) is 5.60. The molecular formula is C15H20BrN3. The van der Waals surface area contributed by atoms with Crippen molar-refractivity contribution in [1.29, 1.82) is 0 Å². The van der Waals surface area contributed by atoms with E-state index in [9.17, 15) is 0 Å². The average molecular weight is 322 g/mol. The van der Waals surface area contributed by atoms with Crippen LogP contribution in [-0.4, -0.2) is 22.1 Å². The van der Waals surface area contributed by atoms with Crippen molar-refractivity contribution in [3.8, 4) is 0 Å². The van der Waals surface area contributed by atoms with Crippen molar-refractivity contribution in [2.24, 2.45) is 0 Å². The fraction of sp³-hybridized carbons (Fsp3) is 0.533. The van der Waals surface area contributed by atoms with Crippen LogP contribution in [0.3, 0.4) is 0 Å². The maximum Gasteiger partial charge on any atom is 0.111 e. The lowest BCUT2D eigenvalue weighted by Crippen LogP contribution is -2.21. The second kappa shape index (κ2) is 5.25. The molecule has 0 bridgehead atoms. The first-order chi connectivity index (χ1) is 9.15. The summed E-state index contributed by atoms with van der Waals surface area (Å²) < 4.78 is 3.45. The number of rotatable bonds is 5. The van der Waals surface area contributed by atoms with Crippen LogP contribution < -0.4 is 5.32 Å². The number of hydrogen-bond acceptors (Lipinski definition) is 2. The molecule has 3 nitrogen and oxygen atoms in total. The van der Waals surface area contributed by atoms with E-state index in [-0.39, 0.29) is 0 Å². The molecule has 1 aliphatic rings. The number of aromatic nitrogens is 2. The van der Waals surface area contributed by atoms with Gasteiger partial charge in [-0.3, -0.25) is 0 Å². The lowest BCUT2D eigenvalue weighted by molar-refractivity contribution is 0.568. The molecule has 0 unspecified atom stereocenters. The standard InChI is InChI=1S/C15H20BrN3/c1-10(2)19-14-6-3-11(16)9-13(14)18-15(19)7-8-17-12-4-5-12/h3,6,9-10,12,17H,4-5,7-8H2,1-2H3. The van der Waals surface area contributed by atoms with Crippen LogP contribution in [0.1, 0.15) is 38.6 Å². The predicted octanol–water partition coefficient (Wildman–Crippen LogP) is 3.67. The number of benzene rings is 1. The summed E-state index contributed by atoms with van der Waals surface area (Å²) in [4.78, 5) is 4.80. The maximum atomic E-state index is 4.80. The van der Waals surface area contributed by atoms with E-state index in [1.54, 1.807) is 0 Å². The minimum absolute atomic E-state index is 0.446. The zero-order valence-electron chi connectivity index (χ0n) is 11.5. The van der Waals surface area contributed by atoms with Gasteiger partial charge in [0.05, 0.1) is 11.0 Å². The third kappa shape index (κ3) is 2.84. The Hall–Kier alpha value is -0.870. The number of hydrogen-bond donors (Lipinski definition) is 1. The summed E-state index contributed by atoms with van der Waals surface area (Å²) >= 11 is 3.52. The van der Waals surface area contributed by atoms with Crippen molar-refractivity contribution >= 4 is 27.0 Å². The quantitative estimate of drug-likeness (QED) is 0.910. The first-order valence-corrected chi connectivity index (χ1v) is 7.84. The fourth-order valence-electron chi connectivity index (χ4n) is 2.55. The lowest BCUT2D eigenvalue weighted by Gasteiger charge is -2.13. The molecule has 0 saturated heterocycles. The van der Waals surface area contributed by atoms with Crippen molar-refractivity contribution in [2.75, 3.05) is 6.54 Å². The predicted molar refractivity (Wildman–Crippen MR) is 82.5 cm³/mol.